The predicted octanol–water partition coefficient (Wildman–Crippen LogP) is 2.19. The molecule has 0 aliphatic carbocycles. The largest absolute Gasteiger partial charge is 0.359 e. The minimum absolute atomic E-state index is 0.0325. The number of amides is 2. The van der Waals surface area contributed by atoms with Crippen molar-refractivity contribution in [3.05, 3.63) is 34.1 Å². The first kappa shape index (κ1) is 15.0. The topological polar surface area (TPSA) is 49.4 Å². The van der Waals surface area contributed by atoms with E-state index >= 15 is 0 Å². The highest BCUT2D eigenvalue weighted by atomic mass is 79.9. The molecular formula is C14H16BrFN2O2. The van der Waals surface area contributed by atoms with Crippen molar-refractivity contribution in [2.45, 2.75) is 12.8 Å². The summed E-state index contributed by atoms with van der Waals surface area (Å²) in [5.41, 5.74) is 0.0325. The number of carbonyl (C=O) groups is 2. The molecule has 20 heavy (non-hydrogen) atoms. The van der Waals surface area contributed by atoms with Crippen LogP contribution in [0.3, 0.4) is 0 Å². The van der Waals surface area contributed by atoms with Crippen molar-refractivity contribution >= 4 is 27.7 Å². The fourth-order valence-corrected chi connectivity index (χ4v) is 2.95. The fourth-order valence-electron chi connectivity index (χ4n) is 2.44. The van der Waals surface area contributed by atoms with Crippen molar-refractivity contribution < 1.29 is 14.0 Å². The van der Waals surface area contributed by atoms with Gasteiger partial charge in [0.25, 0.3) is 5.91 Å². The number of nitrogens with zero attached hydrogens (tertiary/aromatic N) is 1. The minimum atomic E-state index is -0.550. The maximum Gasteiger partial charge on any atom is 0.258 e. The SMILES string of the molecule is CNC(=O)C1CCCN(C(=O)c2c(F)cccc2Br)C1. The van der Waals surface area contributed by atoms with Crippen LogP contribution >= 0.6 is 15.9 Å². The molecule has 1 aliphatic heterocycles. The van der Waals surface area contributed by atoms with Crippen LogP contribution < -0.4 is 5.32 Å². The Morgan fingerprint density at radius 3 is 2.85 bits per heavy atom. The van der Waals surface area contributed by atoms with Crippen LogP contribution in [-0.4, -0.2) is 36.9 Å². The lowest BCUT2D eigenvalue weighted by Crippen LogP contribution is -2.45. The molecule has 1 N–H and O–H groups in total. The molecule has 0 spiro atoms. The third kappa shape index (κ3) is 3.00. The first-order valence-electron chi connectivity index (χ1n) is 6.49. The van der Waals surface area contributed by atoms with Crippen LogP contribution in [0, 0.1) is 11.7 Å². The zero-order valence-electron chi connectivity index (χ0n) is 11.2. The third-order valence-electron chi connectivity index (χ3n) is 3.50. The predicted molar refractivity (Wildman–Crippen MR) is 76.8 cm³/mol. The highest BCUT2D eigenvalue weighted by molar-refractivity contribution is 9.10. The van der Waals surface area contributed by atoms with E-state index in [1.54, 1.807) is 24.1 Å². The molecule has 1 unspecified atom stereocenters. The van der Waals surface area contributed by atoms with Crippen molar-refractivity contribution in [1.82, 2.24) is 10.2 Å². The molecular weight excluding hydrogens is 327 g/mol. The Morgan fingerprint density at radius 1 is 1.45 bits per heavy atom. The van der Waals surface area contributed by atoms with Crippen molar-refractivity contribution in [3.8, 4) is 0 Å². The van der Waals surface area contributed by atoms with E-state index in [0.29, 0.717) is 17.6 Å². The monoisotopic (exact) mass is 342 g/mol. The Kier molecular flexibility index (Phi) is 4.75. The van der Waals surface area contributed by atoms with E-state index in [1.165, 1.54) is 6.07 Å². The lowest BCUT2D eigenvalue weighted by atomic mass is 9.96. The summed E-state index contributed by atoms with van der Waals surface area (Å²) in [5.74, 6) is -1.21. The second-order valence-electron chi connectivity index (χ2n) is 4.80. The van der Waals surface area contributed by atoms with Gasteiger partial charge in [0.2, 0.25) is 5.91 Å². The Morgan fingerprint density at radius 2 is 2.20 bits per heavy atom. The third-order valence-corrected chi connectivity index (χ3v) is 4.16. The molecule has 1 aromatic carbocycles. The van der Waals surface area contributed by atoms with Crippen LogP contribution in [0.1, 0.15) is 23.2 Å². The molecule has 1 atom stereocenters. The highest BCUT2D eigenvalue weighted by Crippen LogP contribution is 2.24. The number of piperidine rings is 1. The van der Waals surface area contributed by atoms with Gasteiger partial charge in [-0.25, -0.2) is 4.39 Å². The first-order valence-corrected chi connectivity index (χ1v) is 7.28. The molecule has 1 heterocycles. The van der Waals surface area contributed by atoms with Gasteiger partial charge in [0.15, 0.2) is 0 Å². The van der Waals surface area contributed by atoms with Crippen LogP contribution in [-0.2, 0) is 4.79 Å². The molecule has 1 saturated heterocycles. The van der Waals surface area contributed by atoms with Crippen LogP contribution in [0.15, 0.2) is 22.7 Å². The molecule has 0 radical (unpaired) electrons. The molecule has 2 amide bonds. The number of rotatable bonds is 2. The molecule has 2 rings (SSSR count). The van der Waals surface area contributed by atoms with Gasteiger partial charge in [-0.2, -0.15) is 0 Å². The zero-order valence-corrected chi connectivity index (χ0v) is 12.7. The van der Waals surface area contributed by atoms with Crippen molar-refractivity contribution in [2.24, 2.45) is 5.92 Å². The number of likely N-dealkylation sites (tertiary alicyclic amines) is 1. The average Bonchev–Trinajstić information content (AvgIpc) is 2.46. The summed E-state index contributed by atoms with van der Waals surface area (Å²) in [6.07, 6.45) is 1.50. The molecule has 1 fully saturated rings. The van der Waals surface area contributed by atoms with Crippen LogP contribution in [0.25, 0.3) is 0 Å². The first-order chi connectivity index (χ1) is 9.54. The average molecular weight is 343 g/mol. The standard InChI is InChI=1S/C14H16BrFN2O2/c1-17-13(19)9-4-3-7-18(8-9)14(20)12-10(15)5-2-6-11(12)16/h2,5-6,9H,3-4,7-8H2,1H3,(H,17,19). The molecule has 1 aliphatic rings. The number of halogens is 2. The molecule has 4 nitrogen and oxygen atoms in total. The van der Waals surface area contributed by atoms with Gasteiger partial charge in [-0.05, 0) is 40.9 Å². The molecule has 0 aromatic heterocycles. The highest BCUT2D eigenvalue weighted by Gasteiger charge is 2.30. The van der Waals surface area contributed by atoms with Gasteiger partial charge >= 0.3 is 0 Å². The summed E-state index contributed by atoms with van der Waals surface area (Å²) >= 11 is 3.21. The number of hydrogen-bond donors (Lipinski definition) is 1. The Hall–Kier alpha value is -1.43. The normalized spacial score (nSPS) is 18.8. The van der Waals surface area contributed by atoms with Gasteiger partial charge < -0.3 is 10.2 Å². The second kappa shape index (κ2) is 6.35. The van der Waals surface area contributed by atoms with Crippen molar-refractivity contribution in [3.63, 3.8) is 0 Å². The number of benzene rings is 1. The minimum Gasteiger partial charge on any atom is -0.359 e. The summed E-state index contributed by atoms with van der Waals surface area (Å²) in [4.78, 5) is 25.6. The molecule has 108 valence electrons. The van der Waals surface area contributed by atoms with E-state index in [9.17, 15) is 14.0 Å². The van der Waals surface area contributed by atoms with Gasteiger partial charge in [0.1, 0.15) is 5.82 Å². The van der Waals surface area contributed by atoms with E-state index in [1.807, 2.05) is 0 Å². The van der Waals surface area contributed by atoms with E-state index in [2.05, 4.69) is 21.2 Å². The molecule has 0 saturated carbocycles. The Labute approximate surface area is 125 Å². The maximum absolute atomic E-state index is 13.8. The zero-order chi connectivity index (χ0) is 14.7. The fraction of sp³-hybridized carbons (Fsp3) is 0.429. The van der Waals surface area contributed by atoms with Gasteiger partial charge in [0.05, 0.1) is 11.5 Å². The number of hydrogen-bond acceptors (Lipinski definition) is 2. The molecule has 1 aromatic rings. The summed E-state index contributed by atoms with van der Waals surface area (Å²) in [6.45, 7) is 0.881. The number of nitrogens with one attached hydrogen (secondary N) is 1. The van der Waals surface area contributed by atoms with Crippen LogP contribution in [0.4, 0.5) is 4.39 Å². The van der Waals surface area contributed by atoms with E-state index in [-0.39, 0.29) is 23.3 Å². The van der Waals surface area contributed by atoms with Gasteiger partial charge in [-0.3, -0.25) is 9.59 Å². The quantitative estimate of drug-likeness (QED) is 0.895. The maximum atomic E-state index is 13.8. The summed E-state index contributed by atoms with van der Waals surface area (Å²) in [6, 6.07) is 4.44. The van der Waals surface area contributed by atoms with Gasteiger partial charge in [0, 0.05) is 24.6 Å². The lowest BCUT2D eigenvalue weighted by Gasteiger charge is -2.32. The number of carbonyl (C=O) groups excluding carboxylic acids is 2. The van der Waals surface area contributed by atoms with Crippen LogP contribution in [0.5, 0.6) is 0 Å². The molecule has 6 heteroatoms. The Balaban J connectivity index is 2.19. The summed E-state index contributed by atoms with van der Waals surface area (Å²) in [7, 11) is 1.58. The molecule has 0 bridgehead atoms. The van der Waals surface area contributed by atoms with Crippen LogP contribution in [0.2, 0.25) is 0 Å². The van der Waals surface area contributed by atoms with E-state index in [0.717, 1.165) is 12.8 Å². The Bertz CT molecular complexity index is 516. The second-order valence-corrected chi connectivity index (χ2v) is 5.66. The summed E-state index contributed by atoms with van der Waals surface area (Å²) in [5, 5.41) is 2.60. The summed E-state index contributed by atoms with van der Waals surface area (Å²) < 4.78 is 14.3. The van der Waals surface area contributed by atoms with Crippen molar-refractivity contribution in [1.29, 1.82) is 0 Å². The van der Waals surface area contributed by atoms with E-state index in [4.69, 9.17) is 0 Å². The lowest BCUT2D eigenvalue weighted by molar-refractivity contribution is -0.125. The van der Waals surface area contributed by atoms with Gasteiger partial charge in [-0.1, -0.05) is 6.07 Å². The smallest absolute Gasteiger partial charge is 0.258 e. The van der Waals surface area contributed by atoms with Crippen molar-refractivity contribution in [2.75, 3.05) is 20.1 Å². The van der Waals surface area contributed by atoms with E-state index < -0.39 is 5.82 Å². The van der Waals surface area contributed by atoms with Gasteiger partial charge in [-0.15, -0.1) is 0 Å².